The Morgan fingerprint density at radius 1 is 1.35 bits per heavy atom. The van der Waals surface area contributed by atoms with Crippen LogP contribution in [0.1, 0.15) is 30.4 Å². The maximum Gasteiger partial charge on any atom is 0.312 e. The number of anilines is 1. The summed E-state index contributed by atoms with van der Waals surface area (Å²) in [7, 11) is 0. The van der Waals surface area contributed by atoms with Gasteiger partial charge in [-0.3, -0.25) is 9.59 Å². The molecule has 1 saturated heterocycles. The Kier molecular flexibility index (Phi) is 2.85. The van der Waals surface area contributed by atoms with Gasteiger partial charge in [-0.1, -0.05) is 24.6 Å². The SMILES string of the molecule is Cc1cccc(C)c1N1CC2(C(=O)O)CCCC2C1=O. The van der Waals surface area contributed by atoms with Crippen LogP contribution in [-0.2, 0) is 9.59 Å². The second-order valence-electron chi connectivity index (χ2n) is 6.07. The summed E-state index contributed by atoms with van der Waals surface area (Å²) in [4.78, 5) is 26.1. The van der Waals surface area contributed by atoms with Crippen molar-refractivity contribution in [2.24, 2.45) is 11.3 Å². The lowest BCUT2D eigenvalue weighted by Gasteiger charge is -2.24. The molecule has 1 heterocycles. The van der Waals surface area contributed by atoms with Gasteiger partial charge in [0.05, 0.1) is 11.3 Å². The largest absolute Gasteiger partial charge is 0.481 e. The first-order valence-electron chi connectivity index (χ1n) is 7.08. The van der Waals surface area contributed by atoms with Gasteiger partial charge in [0, 0.05) is 12.2 Å². The first-order valence-corrected chi connectivity index (χ1v) is 7.08. The minimum absolute atomic E-state index is 0.0118. The van der Waals surface area contributed by atoms with Crippen molar-refractivity contribution >= 4 is 17.6 Å². The highest BCUT2D eigenvalue weighted by Crippen LogP contribution is 2.51. The van der Waals surface area contributed by atoms with Crippen LogP contribution in [0.15, 0.2) is 18.2 Å². The number of carbonyl (C=O) groups excluding carboxylic acids is 1. The molecule has 4 heteroatoms. The fraction of sp³-hybridized carbons (Fsp3) is 0.500. The van der Waals surface area contributed by atoms with Crippen LogP contribution >= 0.6 is 0 Å². The first kappa shape index (κ1) is 13.2. The topological polar surface area (TPSA) is 57.6 Å². The third kappa shape index (κ3) is 1.60. The number of hydrogen-bond donors (Lipinski definition) is 1. The second-order valence-corrected chi connectivity index (χ2v) is 6.07. The molecule has 1 aromatic rings. The fourth-order valence-electron chi connectivity index (χ4n) is 3.91. The molecule has 2 atom stereocenters. The van der Waals surface area contributed by atoms with E-state index in [4.69, 9.17) is 0 Å². The third-order valence-corrected chi connectivity index (χ3v) is 4.92. The number of nitrogens with zero attached hydrogens (tertiary/aromatic N) is 1. The number of amides is 1. The van der Waals surface area contributed by atoms with Crippen LogP contribution in [0.2, 0.25) is 0 Å². The number of rotatable bonds is 2. The van der Waals surface area contributed by atoms with Gasteiger partial charge in [0.2, 0.25) is 5.91 Å². The number of carbonyl (C=O) groups is 2. The predicted molar refractivity (Wildman–Crippen MR) is 75.7 cm³/mol. The van der Waals surface area contributed by atoms with Crippen molar-refractivity contribution in [1.29, 1.82) is 0 Å². The Labute approximate surface area is 118 Å². The molecule has 1 N–H and O–H groups in total. The molecule has 2 aliphatic rings. The van der Waals surface area contributed by atoms with Crippen molar-refractivity contribution in [1.82, 2.24) is 0 Å². The standard InChI is InChI=1S/C16H19NO3/c1-10-5-3-6-11(2)13(10)17-9-16(15(19)20)8-4-7-12(16)14(17)18/h3,5-6,12H,4,7-9H2,1-2H3,(H,19,20). The third-order valence-electron chi connectivity index (χ3n) is 4.92. The molecule has 20 heavy (non-hydrogen) atoms. The van der Waals surface area contributed by atoms with Crippen LogP contribution in [0.3, 0.4) is 0 Å². The lowest BCUT2D eigenvalue weighted by atomic mass is 9.81. The minimum atomic E-state index is -0.869. The summed E-state index contributed by atoms with van der Waals surface area (Å²) in [5.41, 5.74) is 2.08. The van der Waals surface area contributed by atoms with Crippen molar-refractivity contribution in [3.05, 3.63) is 29.3 Å². The molecule has 0 aromatic heterocycles. The molecule has 106 valence electrons. The molecule has 3 rings (SSSR count). The zero-order valence-corrected chi connectivity index (χ0v) is 11.8. The second kappa shape index (κ2) is 4.33. The highest BCUT2D eigenvalue weighted by atomic mass is 16.4. The Morgan fingerprint density at radius 2 is 2.00 bits per heavy atom. The molecule has 1 aliphatic heterocycles. The van der Waals surface area contributed by atoms with Gasteiger partial charge in [0.1, 0.15) is 0 Å². The molecular formula is C16H19NO3. The van der Waals surface area contributed by atoms with E-state index in [0.29, 0.717) is 19.4 Å². The van der Waals surface area contributed by atoms with Crippen molar-refractivity contribution in [3.8, 4) is 0 Å². The van der Waals surface area contributed by atoms with Gasteiger partial charge in [0.15, 0.2) is 0 Å². The molecule has 0 bridgehead atoms. The van der Waals surface area contributed by atoms with Crippen molar-refractivity contribution < 1.29 is 14.7 Å². The Balaban J connectivity index is 2.06. The van der Waals surface area contributed by atoms with Gasteiger partial charge in [-0.15, -0.1) is 0 Å². The highest BCUT2D eigenvalue weighted by Gasteiger charge is 2.60. The van der Waals surface area contributed by atoms with E-state index in [1.54, 1.807) is 4.90 Å². The molecule has 1 aliphatic carbocycles. The van der Waals surface area contributed by atoms with Crippen molar-refractivity contribution in [3.63, 3.8) is 0 Å². The number of benzene rings is 1. The van der Waals surface area contributed by atoms with Crippen LogP contribution in [0.4, 0.5) is 5.69 Å². The predicted octanol–water partition coefficient (Wildman–Crippen LogP) is 2.52. The molecule has 2 unspecified atom stereocenters. The van der Waals surface area contributed by atoms with Crippen LogP contribution < -0.4 is 4.90 Å². The lowest BCUT2D eigenvalue weighted by Crippen LogP contribution is -2.35. The molecule has 2 fully saturated rings. The minimum Gasteiger partial charge on any atom is -0.481 e. The first-order chi connectivity index (χ1) is 9.47. The van der Waals surface area contributed by atoms with Gasteiger partial charge < -0.3 is 10.0 Å². The van der Waals surface area contributed by atoms with Crippen molar-refractivity contribution in [2.75, 3.05) is 11.4 Å². The van der Waals surface area contributed by atoms with Crippen LogP contribution in [-0.4, -0.2) is 23.5 Å². The van der Waals surface area contributed by atoms with Crippen LogP contribution in [0.5, 0.6) is 0 Å². The monoisotopic (exact) mass is 273 g/mol. The summed E-state index contributed by atoms with van der Waals surface area (Å²) < 4.78 is 0. The summed E-state index contributed by atoms with van der Waals surface area (Å²) in [5, 5.41) is 9.62. The molecule has 0 radical (unpaired) electrons. The molecule has 1 saturated carbocycles. The number of carboxylic acid groups (broad SMARTS) is 1. The molecule has 1 amide bonds. The zero-order chi connectivity index (χ0) is 14.5. The summed E-state index contributed by atoms with van der Waals surface area (Å²) in [6.07, 6.45) is 2.15. The number of aryl methyl sites for hydroxylation is 2. The van der Waals surface area contributed by atoms with Gasteiger partial charge in [-0.25, -0.2) is 0 Å². The summed E-state index contributed by atoms with van der Waals surface area (Å²) in [6.45, 7) is 4.26. The molecular weight excluding hydrogens is 254 g/mol. The van der Waals surface area contributed by atoms with Gasteiger partial charge in [-0.05, 0) is 37.8 Å². The average Bonchev–Trinajstić information content (AvgIpc) is 2.91. The smallest absolute Gasteiger partial charge is 0.312 e. The quantitative estimate of drug-likeness (QED) is 0.900. The van der Waals surface area contributed by atoms with E-state index in [9.17, 15) is 14.7 Å². The van der Waals surface area contributed by atoms with Gasteiger partial charge in [-0.2, -0.15) is 0 Å². The summed E-state index contributed by atoms with van der Waals surface area (Å²) in [5.74, 6) is -1.18. The van der Waals surface area contributed by atoms with E-state index < -0.39 is 11.4 Å². The van der Waals surface area contributed by atoms with Gasteiger partial charge >= 0.3 is 5.97 Å². The van der Waals surface area contributed by atoms with E-state index in [-0.39, 0.29) is 11.8 Å². The van der Waals surface area contributed by atoms with E-state index in [0.717, 1.165) is 23.2 Å². The number of carboxylic acids is 1. The number of hydrogen-bond acceptors (Lipinski definition) is 2. The average molecular weight is 273 g/mol. The van der Waals surface area contributed by atoms with Crippen molar-refractivity contribution in [2.45, 2.75) is 33.1 Å². The summed E-state index contributed by atoms with van der Waals surface area (Å²) in [6, 6.07) is 5.90. The molecule has 0 spiro atoms. The molecule has 1 aromatic carbocycles. The van der Waals surface area contributed by atoms with Crippen LogP contribution in [0.25, 0.3) is 0 Å². The number of aliphatic carboxylic acids is 1. The zero-order valence-electron chi connectivity index (χ0n) is 11.8. The maximum absolute atomic E-state index is 12.7. The van der Waals surface area contributed by atoms with E-state index >= 15 is 0 Å². The maximum atomic E-state index is 12.7. The van der Waals surface area contributed by atoms with Gasteiger partial charge in [0.25, 0.3) is 0 Å². The Bertz CT molecular complexity index is 575. The van der Waals surface area contributed by atoms with E-state index in [2.05, 4.69) is 0 Å². The van der Waals surface area contributed by atoms with Crippen LogP contribution in [0, 0.1) is 25.2 Å². The van der Waals surface area contributed by atoms with E-state index in [1.807, 2.05) is 32.0 Å². The Morgan fingerprint density at radius 3 is 2.55 bits per heavy atom. The Hall–Kier alpha value is -1.84. The summed E-state index contributed by atoms with van der Waals surface area (Å²) >= 11 is 0. The fourth-order valence-corrected chi connectivity index (χ4v) is 3.91. The highest BCUT2D eigenvalue weighted by molar-refractivity contribution is 6.04. The normalized spacial score (nSPS) is 28.8. The lowest BCUT2D eigenvalue weighted by molar-refractivity contribution is -0.150. The molecule has 4 nitrogen and oxygen atoms in total. The number of para-hydroxylation sites is 1. The van der Waals surface area contributed by atoms with E-state index in [1.165, 1.54) is 0 Å². The number of fused-ring (bicyclic) bond motifs is 1.